The van der Waals surface area contributed by atoms with E-state index in [-0.39, 0.29) is 0 Å². The Morgan fingerprint density at radius 1 is 0.853 bits per heavy atom. The minimum atomic E-state index is 0.526. The molecule has 0 spiro atoms. The van der Waals surface area contributed by atoms with E-state index in [9.17, 15) is 0 Å². The van der Waals surface area contributed by atoms with Gasteiger partial charge >= 0.3 is 0 Å². The van der Waals surface area contributed by atoms with Gasteiger partial charge in [-0.1, -0.05) is 48.5 Å². The highest BCUT2D eigenvalue weighted by Crippen LogP contribution is 2.39. The maximum Gasteiger partial charge on any atom is 0.161 e. The van der Waals surface area contributed by atoms with Crippen molar-refractivity contribution in [1.82, 2.24) is 4.90 Å². The normalized spacial score (nSPS) is 15.5. The van der Waals surface area contributed by atoms with Crippen LogP contribution < -0.4 is 14.2 Å². The molecule has 2 aliphatic rings. The smallest absolute Gasteiger partial charge is 0.161 e. The standard InChI is InChI=1S/C30H33NO3/c1-32-29-21-28-25(20-30(29)34-22-23-8-3-2-4-9-23)10-7-11-27(28)24-12-14-26(15-13-24)33-19-18-31-16-5-6-17-31/h2-4,8-9,11-15,20-21H,5-7,10,16-19,22H2,1H3. The van der Waals surface area contributed by atoms with E-state index in [1.807, 2.05) is 18.2 Å². The fraction of sp³-hybridized carbons (Fsp3) is 0.333. The molecule has 0 N–H and O–H groups in total. The van der Waals surface area contributed by atoms with E-state index in [1.165, 1.54) is 48.2 Å². The molecular formula is C30H33NO3. The number of likely N-dealkylation sites (tertiary alicyclic amines) is 1. The number of hydrogen-bond donors (Lipinski definition) is 0. The minimum absolute atomic E-state index is 0.526. The summed E-state index contributed by atoms with van der Waals surface area (Å²) in [4.78, 5) is 2.48. The Bertz CT molecular complexity index is 1120. The van der Waals surface area contributed by atoms with Crippen LogP contribution in [0.25, 0.3) is 5.57 Å². The van der Waals surface area contributed by atoms with Crippen LogP contribution in [0.5, 0.6) is 17.2 Å². The van der Waals surface area contributed by atoms with Crippen molar-refractivity contribution < 1.29 is 14.2 Å². The van der Waals surface area contributed by atoms with Gasteiger partial charge in [-0.15, -0.1) is 0 Å². The van der Waals surface area contributed by atoms with E-state index in [0.29, 0.717) is 6.61 Å². The molecule has 1 aliphatic carbocycles. The Hall–Kier alpha value is -3.24. The largest absolute Gasteiger partial charge is 0.493 e. The molecule has 4 nitrogen and oxygen atoms in total. The average molecular weight is 456 g/mol. The van der Waals surface area contributed by atoms with Crippen molar-refractivity contribution in [3.63, 3.8) is 0 Å². The summed E-state index contributed by atoms with van der Waals surface area (Å²) in [6.07, 6.45) is 6.98. The van der Waals surface area contributed by atoms with Gasteiger partial charge in [-0.3, -0.25) is 4.90 Å². The Kier molecular flexibility index (Phi) is 7.16. The quantitative estimate of drug-likeness (QED) is 0.389. The number of ether oxygens (including phenoxy) is 3. The van der Waals surface area contributed by atoms with Crippen molar-refractivity contribution in [2.45, 2.75) is 32.3 Å². The van der Waals surface area contributed by atoms with Gasteiger partial charge in [0.15, 0.2) is 11.5 Å². The first-order chi connectivity index (χ1) is 16.8. The van der Waals surface area contributed by atoms with Crippen LogP contribution in [-0.4, -0.2) is 38.3 Å². The lowest BCUT2D eigenvalue weighted by Gasteiger charge is -2.22. The third-order valence-electron chi connectivity index (χ3n) is 6.72. The molecule has 0 unspecified atom stereocenters. The first-order valence-electron chi connectivity index (χ1n) is 12.3. The minimum Gasteiger partial charge on any atom is -0.493 e. The first-order valence-corrected chi connectivity index (χ1v) is 12.3. The van der Waals surface area contributed by atoms with Crippen molar-refractivity contribution in [1.29, 1.82) is 0 Å². The molecule has 5 rings (SSSR count). The molecule has 1 aliphatic heterocycles. The predicted molar refractivity (Wildman–Crippen MR) is 137 cm³/mol. The summed E-state index contributed by atoms with van der Waals surface area (Å²) in [7, 11) is 1.71. The summed E-state index contributed by atoms with van der Waals surface area (Å²) >= 11 is 0. The van der Waals surface area contributed by atoms with Gasteiger partial charge < -0.3 is 14.2 Å². The van der Waals surface area contributed by atoms with Crippen molar-refractivity contribution in [2.24, 2.45) is 0 Å². The lowest BCUT2D eigenvalue weighted by molar-refractivity contribution is 0.238. The number of aryl methyl sites for hydroxylation is 1. The van der Waals surface area contributed by atoms with Crippen LogP contribution in [0.2, 0.25) is 0 Å². The number of fused-ring (bicyclic) bond motifs is 1. The number of benzene rings is 3. The third-order valence-corrected chi connectivity index (χ3v) is 6.72. The Balaban J connectivity index is 1.29. The molecular weight excluding hydrogens is 422 g/mol. The molecule has 0 atom stereocenters. The van der Waals surface area contributed by atoms with Crippen LogP contribution >= 0.6 is 0 Å². The van der Waals surface area contributed by atoms with E-state index in [0.717, 1.165) is 48.8 Å². The van der Waals surface area contributed by atoms with Gasteiger partial charge in [0, 0.05) is 6.54 Å². The summed E-state index contributed by atoms with van der Waals surface area (Å²) in [5.41, 5.74) is 6.11. The Morgan fingerprint density at radius 2 is 1.65 bits per heavy atom. The summed E-state index contributed by atoms with van der Waals surface area (Å²) in [5, 5.41) is 0. The lowest BCUT2D eigenvalue weighted by atomic mass is 9.86. The summed E-state index contributed by atoms with van der Waals surface area (Å²) < 4.78 is 17.9. The summed E-state index contributed by atoms with van der Waals surface area (Å²) in [5.74, 6) is 2.50. The first kappa shape index (κ1) is 22.5. The predicted octanol–water partition coefficient (Wildman–Crippen LogP) is 6.13. The summed E-state index contributed by atoms with van der Waals surface area (Å²) in [6, 6.07) is 23.0. The van der Waals surface area contributed by atoms with E-state index in [1.54, 1.807) is 7.11 Å². The van der Waals surface area contributed by atoms with Crippen molar-refractivity contribution in [3.8, 4) is 17.2 Å². The van der Waals surface area contributed by atoms with Gasteiger partial charge in [0.2, 0.25) is 0 Å². The van der Waals surface area contributed by atoms with E-state index < -0.39 is 0 Å². The average Bonchev–Trinajstić information content (AvgIpc) is 3.41. The van der Waals surface area contributed by atoms with E-state index in [4.69, 9.17) is 14.2 Å². The second-order valence-corrected chi connectivity index (χ2v) is 9.01. The maximum absolute atomic E-state index is 6.15. The molecule has 176 valence electrons. The van der Waals surface area contributed by atoms with Crippen molar-refractivity contribution >= 4 is 5.57 Å². The highest BCUT2D eigenvalue weighted by molar-refractivity contribution is 5.84. The monoisotopic (exact) mass is 455 g/mol. The molecule has 1 saturated heterocycles. The molecule has 1 heterocycles. The molecule has 0 amide bonds. The molecule has 3 aromatic rings. The van der Waals surface area contributed by atoms with Crippen LogP contribution in [0.3, 0.4) is 0 Å². The van der Waals surface area contributed by atoms with Gasteiger partial charge in [0.25, 0.3) is 0 Å². The molecule has 34 heavy (non-hydrogen) atoms. The van der Waals surface area contributed by atoms with Gasteiger partial charge in [-0.05, 0) is 90.9 Å². The SMILES string of the molecule is COc1cc2c(cc1OCc1ccccc1)CCC=C2c1ccc(OCCN2CCCC2)cc1. The van der Waals surface area contributed by atoms with Crippen molar-refractivity contribution in [3.05, 3.63) is 95.1 Å². The van der Waals surface area contributed by atoms with Crippen LogP contribution in [0, 0.1) is 0 Å². The fourth-order valence-electron chi connectivity index (χ4n) is 4.85. The van der Waals surface area contributed by atoms with Gasteiger partial charge in [0.05, 0.1) is 7.11 Å². The number of rotatable bonds is 9. The lowest BCUT2D eigenvalue weighted by Crippen LogP contribution is -2.25. The highest BCUT2D eigenvalue weighted by Gasteiger charge is 2.19. The van der Waals surface area contributed by atoms with Gasteiger partial charge in [-0.25, -0.2) is 0 Å². The Labute approximate surface area is 202 Å². The van der Waals surface area contributed by atoms with E-state index >= 15 is 0 Å². The zero-order valence-corrected chi connectivity index (χ0v) is 20.0. The molecule has 0 saturated carbocycles. The second kappa shape index (κ2) is 10.8. The fourth-order valence-corrected chi connectivity index (χ4v) is 4.85. The van der Waals surface area contributed by atoms with Crippen LogP contribution in [0.15, 0.2) is 72.8 Å². The highest BCUT2D eigenvalue weighted by atomic mass is 16.5. The van der Waals surface area contributed by atoms with Crippen LogP contribution in [0.4, 0.5) is 0 Å². The van der Waals surface area contributed by atoms with Gasteiger partial charge in [0.1, 0.15) is 19.0 Å². The molecule has 3 aromatic carbocycles. The zero-order chi connectivity index (χ0) is 23.2. The molecule has 0 bridgehead atoms. The number of hydrogen-bond acceptors (Lipinski definition) is 4. The number of methoxy groups -OCH3 is 1. The maximum atomic E-state index is 6.15. The summed E-state index contributed by atoms with van der Waals surface area (Å²) in [6.45, 7) is 4.69. The zero-order valence-electron chi connectivity index (χ0n) is 20.0. The van der Waals surface area contributed by atoms with Crippen LogP contribution in [-0.2, 0) is 13.0 Å². The van der Waals surface area contributed by atoms with Gasteiger partial charge in [-0.2, -0.15) is 0 Å². The van der Waals surface area contributed by atoms with Crippen LogP contribution in [0.1, 0.15) is 41.5 Å². The van der Waals surface area contributed by atoms with E-state index in [2.05, 4.69) is 59.5 Å². The molecule has 0 radical (unpaired) electrons. The van der Waals surface area contributed by atoms with Crippen molar-refractivity contribution in [2.75, 3.05) is 33.4 Å². The second-order valence-electron chi connectivity index (χ2n) is 9.01. The topological polar surface area (TPSA) is 30.9 Å². The molecule has 1 fully saturated rings. The third kappa shape index (κ3) is 5.28. The number of allylic oxidation sites excluding steroid dienone is 1. The Morgan fingerprint density at radius 3 is 2.41 bits per heavy atom. The molecule has 4 heteroatoms. The number of nitrogens with zero attached hydrogens (tertiary/aromatic N) is 1. The molecule has 0 aromatic heterocycles.